The summed E-state index contributed by atoms with van der Waals surface area (Å²) >= 11 is 0. The van der Waals surface area contributed by atoms with E-state index in [0.29, 0.717) is 0 Å². The van der Waals surface area contributed by atoms with Crippen molar-refractivity contribution in [2.75, 3.05) is 7.11 Å². The third-order valence-electron chi connectivity index (χ3n) is 2.52. The zero-order valence-electron chi connectivity index (χ0n) is 14.6. The predicted octanol–water partition coefficient (Wildman–Crippen LogP) is 2.69. The molecule has 0 bridgehead atoms. The van der Waals surface area contributed by atoms with Gasteiger partial charge in [-0.1, -0.05) is 20.8 Å². The van der Waals surface area contributed by atoms with Crippen molar-refractivity contribution < 1.29 is 32.6 Å². The summed E-state index contributed by atoms with van der Waals surface area (Å²) in [7, 11) is 0.885. The maximum absolute atomic E-state index is 14.3. The number of methoxy groups -OCH3 is 1. The van der Waals surface area contributed by atoms with Crippen LogP contribution in [-0.4, -0.2) is 42.5 Å². The van der Waals surface area contributed by atoms with Gasteiger partial charge in [0.1, 0.15) is 5.60 Å². The average Bonchev–Trinajstić information content (AvgIpc) is 2.30. The van der Waals surface area contributed by atoms with Gasteiger partial charge in [-0.15, -0.1) is 0 Å². The maximum atomic E-state index is 14.3. The second kappa shape index (κ2) is 7.23. The molecule has 0 rings (SSSR count). The molecule has 0 aromatic heterocycles. The quantitative estimate of drug-likeness (QED) is 0.780. The highest BCUT2D eigenvalue weighted by atomic mass is 19.3. The third-order valence-corrected chi connectivity index (χ3v) is 2.52. The van der Waals surface area contributed by atoms with E-state index in [1.165, 1.54) is 20.8 Å². The van der Waals surface area contributed by atoms with Crippen LogP contribution in [0.4, 0.5) is 13.6 Å². The Labute approximate surface area is 134 Å². The number of Topliss-reactive ketones (excluding diaryl/α,β-unsaturated/α-hetero) is 1. The van der Waals surface area contributed by atoms with Crippen molar-refractivity contribution in [2.24, 2.45) is 5.41 Å². The fraction of sp³-hybridized carbons (Fsp3) is 0.800. The van der Waals surface area contributed by atoms with Gasteiger partial charge < -0.3 is 14.8 Å². The number of nitrogens with one attached hydrogen (secondary N) is 1. The largest absolute Gasteiger partial charge is 0.467 e. The van der Waals surface area contributed by atoms with Crippen molar-refractivity contribution in [1.29, 1.82) is 0 Å². The van der Waals surface area contributed by atoms with Crippen molar-refractivity contribution in [1.82, 2.24) is 5.32 Å². The fourth-order valence-electron chi connectivity index (χ4n) is 1.60. The summed E-state index contributed by atoms with van der Waals surface area (Å²) in [5, 5.41) is 1.72. The zero-order valence-corrected chi connectivity index (χ0v) is 14.6. The Morgan fingerprint density at radius 3 is 1.87 bits per heavy atom. The van der Waals surface area contributed by atoms with Crippen LogP contribution in [0.15, 0.2) is 0 Å². The number of carbonyl (C=O) groups excluding carboxylic acids is 3. The molecule has 0 spiro atoms. The Hall–Kier alpha value is -1.73. The lowest BCUT2D eigenvalue weighted by Crippen LogP contribution is -2.57. The second-order valence-corrected chi connectivity index (χ2v) is 7.39. The number of alkyl halides is 2. The van der Waals surface area contributed by atoms with Crippen LogP contribution in [0.5, 0.6) is 0 Å². The van der Waals surface area contributed by atoms with E-state index >= 15 is 0 Å². The van der Waals surface area contributed by atoms with Gasteiger partial charge in [-0.3, -0.25) is 4.79 Å². The summed E-state index contributed by atoms with van der Waals surface area (Å²) < 4.78 is 37.7. The number of esters is 1. The molecular formula is C15H25F2NO5. The predicted molar refractivity (Wildman–Crippen MR) is 79.2 cm³/mol. The second-order valence-electron chi connectivity index (χ2n) is 7.39. The molecule has 0 fully saturated rings. The SMILES string of the molecule is COC(=O)C(NC(=O)OC(C)(C)C)C(F)(F)C(=O)CC(C)(C)C. The van der Waals surface area contributed by atoms with E-state index in [2.05, 4.69) is 4.74 Å². The van der Waals surface area contributed by atoms with Crippen LogP contribution >= 0.6 is 0 Å². The lowest BCUT2D eigenvalue weighted by Gasteiger charge is -2.28. The van der Waals surface area contributed by atoms with E-state index in [9.17, 15) is 23.2 Å². The van der Waals surface area contributed by atoms with Gasteiger partial charge in [0, 0.05) is 6.42 Å². The molecular weight excluding hydrogens is 312 g/mol. The Balaban J connectivity index is 5.34. The number of alkyl carbamates (subject to hydrolysis) is 1. The van der Waals surface area contributed by atoms with Crippen molar-refractivity contribution in [3.8, 4) is 0 Å². The molecule has 134 valence electrons. The number of halogens is 2. The minimum absolute atomic E-state index is 0.469. The normalized spacial score (nSPS) is 14.0. The smallest absolute Gasteiger partial charge is 0.408 e. The third kappa shape index (κ3) is 7.38. The molecule has 0 heterocycles. The summed E-state index contributed by atoms with van der Waals surface area (Å²) in [6.07, 6.45) is -1.71. The molecule has 1 N–H and O–H groups in total. The van der Waals surface area contributed by atoms with E-state index in [1.807, 2.05) is 0 Å². The summed E-state index contributed by atoms with van der Waals surface area (Å²) in [5.41, 5.74) is -1.65. The van der Waals surface area contributed by atoms with Gasteiger partial charge in [0.25, 0.3) is 0 Å². The van der Waals surface area contributed by atoms with Gasteiger partial charge >= 0.3 is 18.0 Å². The summed E-state index contributed by atoms with van der Waals surface area (Å²) in [5.74, 6) is -7.00. The first-order valence-electron chi connectivity index (χ1n) is 7.08. The molecule has 8 heteroatoms. The van der Waals surface area contributed by atoms with Crippen LogP contribution in [0.25, 0.3) is 0 Å². The molecule has 1 atom stereocenters. The number of rotatable bonds is 5. The van der Waals surface area contributed by atoms with E-state index in [-0.39, 0.29) is 0 Å². The first kappa shape index (κ1) is 21.3. The van der Waals surface area contributed by atoms with Crippen LogP contribution in [0.1, 0.15) is 48.0 Å². The van der Waals surface area contributed by atoms with Crippen molar-refractivity contribution in [3.63, 3.8) is 0 Å². The molecule has 0 saturated heterocycles. The molecule has 0 aliphatic rings. The van der Waals surface area contributed by atoms with Gasteiger partial charge in [0.2, 0.25) is 11.8 Å². The van der Waals surface area contributed by atoms with Gasteiger partial charge in [-0.05, 0) is 26.2 Å². The van der Waals surface area contributed by atoms with Crippen LogP contribution in [0.2, 0.25) is 0 Å². The summed E-state index contributed by atoms with van der Waals surface area (Å²) in [4.78, 5) is 35.1. The molecule has 23 heavy (non-hydrogen) atoms. The molecule has 0 radical (unpaired) electrons. The lowest BCUT2D eigenvalue weighted by atomic mass is 9.86. The topological polar surface area (TPSA) is 81.7 Å². The highest BCUT2D eigenvalue weighted by Crippen LogP contribution is 2.29. The number of amides is 1. The van der Waals surface area contributed by atoms with E-state index in [0.717, 1.165) is 7.11 Å². The molecule has 0 saturated carbocycles. The standard InChI is InChI=1S/C15H25F2NO5/c1-13(2,3)8-9(19)15(16,17)10(11(20)22-7)18-12(21)23-14(4,5)6/h10H,8H2,1-7H3,(H,18,21). The van der Waals surface area contributed by atoms with Crippen molar-refractivity contribution in [3.05, 3.63) is 0 Å². The minimum atomic E-state index is -4.11. The number of carbonyl (C=O) groups is 3. The van der Waals surface area contributed by atoms with Crippen molar-refractivity contribution >= 4 is 17.8 Å². The Bertz CT molecular complexity index is 463. The minimum Gasteiger partial charge on any atom is -0.467 e. The molecule has 0 aromatic carbocycles. The lowest BCUT2D eigenvalue weighted by molar-refractivity contribution is -0.164. The Morgan fingerprint density at radius 2 is 1.52 bits per heavy atom. The zero-order chi connectivity index (χ0) is 18.6. The summed E-state index contributed by atoms with van der Waals surface area (Å²) in [6.45, 7) is 9.41. The molecule has 1 amide bonds. The van der Waals surface area contributed by atoms with Crippen LogP contribution in [0.3, 0.4) is 0 Å². The maximum Gasteiger partial charge on any atom is 0.408 e. The highest BCUT2D eigenvalue weighted by molar-refractivity contribution is 5.95. The average molecular weight is 337 g/mol. The van der Waals surface area contributed by atoms with Gasteiger partial charge in [0.15, 0.2) is 0 Å². The number of hydrogen-bond donors (Lipinski definition) is 1. The van der Waals surface area contributed by atoms with Crippen LogP contribution in [0, 0.1) is 5.41 Å². The molecule has 1 unspecified atom stereocenters. The first-order chi connectivity index (χ1) is 10.1. The monoisotopic (exact) mass is 337 g/mol. The van der Waals surface area contributed by atoms with E-state index in [4.69, 9.17) is 4.74 Å². The number of ketones is 1. The summed E-state index contributed by atoms with van der Waals surface area (Å²) in [6, 6.07) is -2.45. The molecule has 0 aliphatic carbocycles. The molecule has 0 aromatic rings. The van der Waals surface area contributed by atoms with Crippen LogP contribution in [-0.2, 0) is 19.1 Å². The van der Waals surface area contributed by atoms with E-state index < -0.39 is 47.2 Å². The van der Waals surface area contributed by atoms with Gasteiger partial charge in [0.05, 0.1) is 7.11 Å². The van der Waals surface area contributed by atoms with Crippen molar-refractivity contribution in [2.45, 2.75) is 65.5 Å². The van der Waals surface area contributed by atoms with Gasteiger partial charge in [-0.2, -0.15) is 8.78 Å². The van der Waals surface area contributed by atoms with E-state index in [1.54, 1.807) is 26.1 Å². The molecule has 0 aliphatic heterocycles. The molecule has 6 nitrogen and oxygen atoms in total. The van der Waals surface area contributed by atoms with Crippen LogP contribution < -0.4 is 5.32 Å². The number of ether oxygens (including phenoxy) is 2. The Kier molecular flexibility index (Phi) is 6.68. The first-order valence-corrected chi connectivity index (χ1v) is 7.08. The van der Waals surface area contributed by atoms with Gasteiger partial charge in [-0.25, -0.2) is 9.59 Å². The fourth-order valence-corrected chi connectivity index (χ4v) is 1.60. The number of hydrogen-bond acceptors (Lipinski definition) is 5. The Morgan fingerprint density at radius 1 is 1.04 bits per heavy atom. The highest BCUT2D eigenvalue weighted by Gasteiger charge is 2.53.